The van der Waals surface area contributed by atoms with E-state index in [1.54, 1.807) is 17.9 Å². The molecule has 2 atom stereocenters. The summed E-state index contributed by atoms with van der Waals surface area (Å²) >= 11 is 0. The molecule has 0 saturated carbocycles. The SMILES string of the molecule is Cc1ccc(F)cc1NC(=O)CN1CC(O)C(O)C1. The van der Waals surface area contributed by atoms with E-state index < -0.39 is 18.0 Å². The molecule has 1 aromatic rings. The molecular weight excluding hydrogens is 251 g/mol. The van der Waals surface area contributed by atoms with E-state index >= 15 is 0 Å². The first kappa shape index (κ1) is 13.9. The van der Waals surface area contributed by atoms with Crippen LogP contribution >= 0.6 is 0 Å². The lowest BCUT2D eigenvalue weighted by Gasteiger charge is -2.15. The second-order valence-electron chi connectivity index (χ2n) is 4.84. The van der Waals surface area contributed by atoms with Gasteiger partial charge in [-0.1, -0.05) is 6.07 Å². The van der Waals surface area contributed by atoms with Crippen LogP contribution in [0, 0.1) is 12.7 Å². The number of rotatable bonds is 3. The number of aliphatic hydroxyl groups is 2. The number of halogens is 1. The third-order valence-corrected chi connectivity index (χ3v) is 3.18. The van der Waals surface area contributed by atoms with Gasteiger partial charge in [0.1, 0.15) is 5.82 Å². The average Bonchev–Trinajstić information content (AvgIpc) is 2.63. The van der Waals surface area contributed by atoms with Crippen molar-refractivity contribution in [3.05, 3.63) is 29.6 Å². The minimum Gasteiger partial charge on any atom is -0.389 e. The Morgan fingerprint density at radius 2 is 2.05 bits per heavy atom. The van der Waals surface area contributed by atoms with Crippen LogP contribution in [0.25, 0.3) is 0 Å². The third kappa shape index (κ3) is 3.50. The van der Waals surface area contributed by atoms with E-state index in [0.717, 1.165) is 5.56 Å². The molecule has 1 fully saturated rings. The first-order valence-electron chi connectivity index (χ1n) is 6.10. The Kier molecular flexibility index (Phi) is 4.14. The molecule has 0 aliphatic carbocycles. The van der Waals surface area contributed by atoms with Gasteiger partial charge in [0.25, 0.3) is 0 Å². The van der Waals surface area contributed by atoms with E-state index in [1.807, 2.05) is 0 Å². The van der Waals surface area contributed by atoms with Crippen LogP contribution in [0.4, 0.5) is 10.1 Å². The number of benzene rings is 1. The van der Waals surface area contributed by atoms with Crippen molar-refractivity contribution in [1.29, 1.82) is 0 Å². The number of aliphatic hydroxyl groups excluding tert-OH is 2. The van der Waals surface area contributed by atoms with Crippen molar-refractivity contribution in [1.82, 2.24) is 4.90 Å². The van der Waals surface area contributed by atoms with E-state index in [4.69, 9.17) is 0 Å². The Balaban J connectivity index is 1.93. The number of nitrogens with one attached hydrogen (secondary N) is 1. The van der Waals surface area contributed by atoms with E-state index in [0.29, 0.717) is 5.69 Å². The van der Waals surface area contributed by atoms with Crippen LogP contribution in [0.1, 0.15) is 5.56 Å². The lowest BCUT2D eigenvalue weighted by atomic mass is 10.2. The lowest BCUT2D eigenvalue weighted by Crippen LogP contribution is -2.32. The fourth-order valence-corrected chi connectivity index (χ4v) is 2.10. The van der Waals surface area contributed by atoms with Gasteiger partial charge in [-0.2, -0.15) is 0 Å². The van der Waals surface area contributed by atoms with E-state index in [2.05, 4.69) is 5.32 Å². The summed E-state index contributed by atoms with van der Waals surface area (Å²) in [5, 5.41) is 21.4. The van der Waals surface area contributed by atoms with E-state index in [9.17, 15) is 19.4 Å². The second kappa shape index (κ2) is 5.64. The minimum atomic E-state index is -0.816. The summed E-state index contributed by atoms with van der Waals surface area (Å²) in [4.78, 5) is 13.5. The number of nitrogens with zero attached hydrogens (tertiary/aromatic N) is 1. The van der Waals surface area contributed by atoms with Crippen molar-refractivity contribution < 1.29 is 19.4 Å². The topological polar surface area (TPSA) is 72.8 Å². The summed E-state index contributed by atoms with van der Waals surface area (Å²) in [7, 11) is 0. The van der Waals surface area contributed by atoms with Crippen LogP contribution in [-0.4, -0.2) is 52.9 Å². The number of hydrogen-bond donors (Lipinski definition) is 3. The smallest absolute Gasteiger partial charge is 0.238 e. The predicted molar refractivity (Wildman–Crippen MR) is 68.2 cm³/mol. The Labute approximate surface area is 110 Å². The van der Waals surface area contributed by atoms with Crippen LogP contribution in [-0.2, 0) is 4.79 Å². The van der Waals surface area contributed by atoms with Crippen molar-refractivity contribution in [3.63, 3.8) is 0 Å². The number of aryl methyl sites for hydroxylation is 1. The molecule has 19 heavy (non-hydrogen) atoms. The molecule has 0 aromatic heterocycles. The highest BCUT2D eigenvalue weighted by Gasteiger charge is 2.30. The molecule has 2 rings (SSSR count). The maximum absolute atomic E-state index is 13.1. The molecule has 0 radical (unpaired) electrons. The van der Waals surface area contributed by atoms with Gasteiger partial charge in [0.15, 0.2) is 0 Å². The number of β-amino-alcohol motifs (C(OH)–C–C–N with tert-alkyl or cyclic N) is 2. The molecule has 6 heteroatoms. The highest BCUT2D eigenvalue weighted by molar-refractivity contribution is 5.93. The zero-order valence-corrected chi connectivity index (χ0v) is 10.6. The molecule has 1 heterocycles. The first-order valence-corrected chi connectivity index (χ1v) is 6.10. The van der Waals surface area contributed by atoms with Gasteiger partial charge in [-0.25, -0.2) is 4.39 Å². The van der Waals surface area contributed by atoms with Crippen LogP contribution in [0.5, 0.6) is 0 Å². The van der Waals surface area contributed by atoms with Gasteiger partial charge in [0, 0.05) is 18.8 Å². The number of amides is 1. The molecule has 1 amide bonds. The van der Waals surface area contributed by atoms with Gasteiger partial charge < -0.3 is 15.5 Å². The molecule has 2 unspecified atom stereocenters. The molecule has 1 aromatic carbocycles. The largest absolute Gasteiger partial charge is 0.389 e. The number of likely N-dealkylation sites (tertiary alicyclic amines) is 1. The fourth-order valence-electron chi connectivity index (χ4n) is 2.10. The van der Waals surface area contributed by atoms with Crippen molar-refractivity contribution >= 4 is 11.6 Å². The van der Waals surface area contributed by atoms with Gasteiger partial charge in [-0.05, 0) is 24.6 Å². The molecule has 1 aliphatic rings. The summed E-state index contributed by atoms with van der Waals surface area (Å²) < 4.78 is 13.1. The van der Waals surface area contributed by atoms with Crippen LogP contribution in [0.15, 0.2) is 18.2 Å². The molecule has 0 spiro atoms. The van der Waals surface area contributed by atoms with Crippen LogP contribution < -0.4 is 5.32 Å². The van der Waals surface area contributed by atoms with E-state index in [-0.39, 0.29) is 25.5 Å². The zero-order valence-electron chi connectivity index (χ0n) is 10.6. The number of carbonyl (C=O) groups excluding carboxylic acids is 1. The third-order valence-electron chi connectivity index (χ3n) is 3.18. The standard InChI is InChI=1S/C13H17FN2O3/c1-8-2-3-9(14)4-10(8)15-13(19)7-16-5-11(17)12(18)6-16/h2-4,11-12,17-18H,5-7H2,1H3,(H,15,19). The summed E-state index contributed by atoms with van der Waals surface area (Å²) in [5.74, 6) is -0.706. The second-order valence-corrected chi connectivity index (χ2v) is 4.84. The fraction of sp³-hybridized carbons (Fsp3) is 0.462. The molecule has 1 saturated heterocycles. The molecule has 5 nitrogen and oxygen atoms in total. The average molecular weight is 268 g/mol. The lowest BCUT2D eigenvalue weighted by molar-refractivity contribution is -0.117. The van der Waals surface area contributed by atoms with Crippen molar-refractivity contribution in [3.8, 4) is 0 Å². The van der Waals surface area contributed by atoms with Crippen LogP contribution in [0.3, 0.4) is 0 Å². The monoisotopic (exact) mass is 268 g/mol. The maximum atomic E-state index is 13.1. The Hall–Kier alpha value is -1.50. The van der Waals surface area contributed by atoms with Gasteiger partial charge in [-0.15, -0.1) is 0 Å². The van der Waals surface area contributed by atoms with Gasteiger partial charge in [-0.3, -0.25) is 9.69 Å². The maximum Gasteiger partial charge on any atom is 0.238 e. The number of hydrogen-bond acceptors (Lipinski definition) is 4. The van der Waals surface area contributed by atoms with E-state index in [1.165, 1.54) is 12.1 Å². The van der Waals surface area contributed by atoms with Gasteiger partial charge >= 0.3 is 0 Å². The summed E-state index contributed by atoms with van der Waals surface area (Å²) in [5.41, 5.74) is 1.21. The highest BCUT2D eigenvalue weighted by Crippen LogP contribution is 2.16. The summed E-state index contributed by atoms with van der Waals surface area (Å²) in [6.45, 7) is 2.36. The van der Waals surface area contributed by atoms with Crippen LogP contribution in [0.2, 0.25) is 0 Å². The normalized spacial score (nSPS) is 23.6. The van der Waals surface area contributed by atoms with Crippen molar-refractivity contribution in [2.24, 2.45) is 0 Å². The zero-order chi connectivity index (χ0) is 14.0. The predicted octanol–water partition coefficient (Wildman–Crippen LogP) is 0.110. The molecular formula is C13H17FN2O3. The summed E-state index contributed by atoms with van der Waals surface area (Å²) in [6, 6.07) is 4.19. The Morgan fingerprint density at radius 1 is 1.42 bits per heavy atom. The number of carbonyl (C=O) groups is 1. The molecule has 3 N–H and O–H groups in total. The Bertz CT molecular complexity index is 471. The summed E-state index contributed by atoms with van der Waals surface area (Å²) in [6.07, 6.45) is -1.63. The van der Waals surface area contributed by atoms with Gasteiger partial charge in [0.2, 0.25) is 5.91 Å². The first-order chi connectivity index (χ1) is 8.95. The Morgan fingerprint density at radius 3 is 2.68 bits per heavy atom. The van der Waals surface area contributed by atoms with Crippen molar-refractivity contribution in [2.45, 2.75) is 19.1 Å². The van der Waals surface area contributed by atoms with Gasteiger partial charge in [0.05, 0.1) is 18.8 Å². The van der Waals surface area contributed by atoms with Crippen molar-refractivity contribution in [2.75, 3.05) is 25.0 Å². The molecule has 0 bridgehead atoms. The number of anilines is 1. The minimum absolute atomic E-state index is 0.0596. The quantitative estimate of drug-likeness (QED) is 0.727. The highest BCUT2D eigenvalue weighted by atomic mass is 19.1. The molecule has 1 aliphatic heterocycles. The molecule has 104 valence electrons.